The Bertz CT molecular complexity index is 253. The molecular formula is C12H21NO3. The van der Waals surface area contributed by atoms with Crippen LogP contribution in [0.2, 0.25) is 0 Å². The Balaban J connectivity index is 1.91. The maximum absolute atomic E-state index is 10.6. The summed E-state index contributed by atoms with van der Waals surface area (Å²) in [6, 6.07) is 0.748. The van der Waals surface area contributed by atoms with Crippen molar-refractivity contribution in [3.05, 3.63) is 0 Å². The highest BCUT2D eigenvalue weighted by Crippen LogP contribution is 2.33. The van der Waals surface area contributed by atoms with Crippen LogP contribution in [0.3, 0.4) is 0 Å². The highest BCUT2D eigenvalue weighted by atomic mass is 16.4. The first-order valence-corrected chi connectivity index (χ1v) is 6.34. The van der Waals surface area contributed by atoms with Gasteiger partial charge in [-0.2, -0.15) is 0 Å². The molecule has 0 aromatic carbocycles. The number of aliphatic carboxylic acids is 1. The van der Waals surface area contributed by atoms with Crippen LogP contribution < -0.4 is 0 Å². The van der Waals surface area contributed by atoms with Crippen molar-refractivity contribution in [1.82, 2.24) is 4.90 Å². The minimum Gasteiger partial charge on any atom is -0.481 e. The summed E-state index contributed by atoms with van der Waals surface area (Å²) in [6.45, 7) is 0.599. The van der Waals surface area contributed by atoms with E-state index in [9.17, 15) is 9.90 Å². The van der Waals surface area contributed by atoms with Crippen LogP contribution in [-0.2, 0) is 4.79 Å². The highest BCUT2D eigenvalue weighted by Gasteiger charge is 2.37. The zero-order valence-electron chi connectivity index (χ0n) is 9.64. The predicted octanol–water partition coefficient (Wildman–Crippen LogP) is 1.23. The minimum atomic E-state index is -0.740. The van der Waals surface area contributed by atoms with E-state index < -0.39 is 5.97 Å². The van der Waals surface area contributed by atoms with Gasteiger partial charge in [0.1, 0.15) is 0 Å². The third kappa shape index (κ3) is 2.95. The van der Waals surface area contributed by atoms with Crippen molar-refractivity contribution in [1.29, 1.82) is 0 Å². The van der Waals surface area contributed by atoms with Crippen LogP contribution in [0.4, 0.5) is 0 Å². The molecule has 0 bridgehead atoms. The number of carbonyl (C=O) groups is 1. The Morgan fingerprint density at radius 2 is 1.88 bits per heavy atom. The van der Waals surface area contributed by atoms with Gasteiger partial charge in [0.2, 0.25) is 0 Å². The second-order valence-electron chi connectivity index (χ2n) is 5.03. The largest absolute Gasteiger partial charge is 0.481 e. The van der Waals surface area contributed by atoms with Gasteiger partial charge in [-0.3, -0.25) is 9.69 Å². The second kappa shape index (κ2) is 5.15. The summed E-state index contributed by atoms with van der Waals surface area (Å²) in [5.41, 5.74) is 0. The van der Waals surface area contributed by atoms with Crippen LogP contribution in [0.25, 0.3) is 0 Å². The molecule has 2 saturated carbocycles. The van der Waals surface area contributed by atoms with E-state index >= 15 is 0 Å². The average molecular weight is 227 g/mol. The van der Waals surface area contributed by atoms with Crippen LogP contribution in [0, 0.1) is 0 Å². The van der Waals surface area contributed by atoms with E-state index in [2.05, 4.69) is 4.90 Å². The van der Waals surface area contributed by atoms with Crippen molar-refractivity contribution in [2.75, 3.05) is 6.54 Å². The summed E-state index contributed by atoms with van der Waals surface area (Å²) >= 11 is 0. The smallest absolute Gasteiger partial charge is 0.304 e. The lowest BCUT2D eigenvalue weighted by molar-refractivity contribution is -0.137. The molecule has 0 heterocycles. The number of rotatable bonds is 5. The van der Waals surface area contributed by atoms with Crippen molar-refractivity contribution in [3.8, 4) is 0 Å². The van der Waals surface area contributed by atoms with Gasteiger partial charge in [0.15, 0.2) is 0 Å². The third-order valence-electron chi connectivity index (χ3n) is 3.72. The van der Waals surface area contributed by atoms with E-state index in [0.717, 1.165) is 25.7 Å². The average Bonchev–Trinajstić information content (AvgIpc) is 3.04. The molecule has 0 aromatic rings. The summed E-state index contributed by atoms with van der Waals surface area (Å²) in [7, 11) is 0. The fourth-order valence-corrected chi connectivity index (χ4v) is 2.73. The minimum absolute atomic E-state index is 0.194. The van der Waals surface area contributed by atoms with Crippen molar-refractivity contribution >= 4 is 5.97 Å². The lowest BCUT2D eigenvalue weighted by atomic mass is 9.91. The monoisotopic (exact) mass is 227 g/mol. The molecule has 0 amide bonds. The van der Waals surface area contributed by atoms with Gasteiger partial charge in [0, 0.05) is 18.6 Å². The number of nitrogens with zero attached hydrogens (tertiary/aromatic N) is 1. The van der Waals surface area contributed by atoms with E-state index in [0.29, 0.717) is 12.6 Å². The predicted molar refractivity (Wildman–Crippen MR) is 60.2 cm³/mol. The number of carboxylic acid groups (broad SMARTS) is 1. The Kier molecular flexibility index (Phi) is 3.82. The van der Waals surface area contributed by atoms with Gasteiger partial charge < -0.3 is 10.2 Å². The molecule has 0 saturated heterocycles. The molecule has 2 aliphatic rings. The van der Waals surface area contributed by atoms with E-state index in [1.807, 2.05) is 0 Å². The molecule has 2 atom stereocenters. The topological polar surface area (TPSA) is 60.8 Å². The van der Waals surface area contributed by atoms with Gasteiger partial charge in [-0.1, -0.05) is 12.8 Å². The van der Waals surface area contributed by atoms with E-state index in [-0.39, 0.29) is 18.6 Å². The van der Waals surface area contributed by atoms with Crippen molar-refractivity contribution in [2.45, 2.75) is 63.1 Å². The lowest BCUT2D eigenvalue weighted by Gasteiger charge is -2.37. The molecule has 92 valence electrons. The first kappa shape index (κ1) is 11.9. The van der Waals surface area contributed by atoms with Gasteiger partial charge in [-0.25, -0.2) is 0 Å². The Hall–Kier alpha value is -0.610. The molecule has 2 aliphatic carbocycles. The number of hydrogen-bond donors (Lipinski definition) is 2. The fraction of sp³-hybridized carbons (Fsp3) is 0.917. The van der Waals surface area contributed by atoms with Crippen LogP contribution in [0.1, 0.15) is 44.9 Å². The van der Waals surface area contributed by atoms with Crippen LogP contribution in [0.15, 0.2) is 0 Å². The van der Waals surface area contributed by atoms with Gasteiger partial charge in [-0.05, 0) is 25.7 Å². The summed E-state index contributed by atoms with van der Waals surface area (Å²) < 4.78 is 0. The number of carboxylic acids is 1. The van der Waals surface area contributed by atoms with Crippen molar-refractivity contribution in [2.24, 2.45) is 0 Å². The maximum Gasteiger partial charge on any atom is 0.304 e. The Morgan fingerprint density at radius 3 is 2.44 bits per heavy atom. The molecule has 0 aromatic heterocycles. The normalized spacial score (nSPS) is 30.6. The molecule has 0 spiro atoms. The number of aliphatic hydroxyl groups excluding tert-OH is 1. The van der Waals surface area contributed by atoms with Crippen LogP contribution in [-0.4, -0.2) is 45.8 Å². The van der Waals surface area contributed by atoms with Crippen molar-refractivity contribution < 1.29 is 15.0 Å². The molecular weight excluding hydrogens is 206 g/mol. The van der Waals surface area contributed by atoms with E-state index in [1.165, 1.54) is 12.8 Å². The first-order chi connectivity index (χ1) is 7.68. The lowest BCUT2D eigenvalue weighted by Crippen LogP contribution is -2.47. The third-order valence-corrected chi connectivity index (χ3v) is 3.72. The number of aliphatic hydroxyl groups is 1. The van der Waals surface area contributed by atoms with Crippen molar-refractivity contribution in [3.63, 3.8) is 0 Å². The summed E-state index contributed by atoms with van der Waals surface area (Å²) in [5, 5.41) is 18.7. The maximum atomic E-state index is 10.6. The molecule has 2 rings (SSSR count). The Morgan fingerprint density at radius 1 is 1.19 bits per heavy atom. The molecule has 4 nitrogen and oxygen atoms in total. The van der Waals surface area contributed by atoms with E-state index in [1.54, 1.807) is 0 Å². The summed E-state index contributed by atoms with van der Waals surface area (Å²) in [4.78, 5) is 12.9. The zero-order valence-corrected chi connectivity index (χ0v) is 9.64. The van der Waals surface area contributed by atoms with Gasteiger partial charge in [0.25, 0.3) is 0 Å². The Labute approximate surface area is 96.3 Å². The first-order valence-electron chi connectivity index (χ1n) is 6.34. The van der Waals surface area contributed by atoms with E-state index in [4.69, 9.17) is 5.11 Å². The quantitative estimate of drug-likeness (QED) is 0.741. The highest BCUT2D eigenvalue weighted by molar-refractivity contribution is 5.66. The number of hydrogen-bond acceptors (Lipinski definition) is 3. The molecule has 4 heteroatoms. The molecule has 2 fully saturated rings. The zero-order chi connectivity index (χ0) is 11.5. The molecule has 2 unspecified atom stereocenters. The fourth-order valence-electron chi connectivity index (χ4n) is 2.73. The van der Waals surface area contributed by atoms with Gasteiger partial charge in [-0.15, -0.1) is 0 Å². The summed E-state index contributed by atoms with van der Waals surface area (Å²) in [5.74, 6) is -0.740. The van der Waals surface area contributed by atoms with Crippen LogP contribution >= 0.6 is 0 Å². The van der Waals surface area contributed by atoms with Gasteiger partial charge in [0.05, 0.1) is 12.5 Å². The molecule has 0 radical (unpaired) electrons. The van der Waals surface area contributed by atoms with Crippen LogP contribution in [0.5, 0.6) is 0 Å². The second-order valence-corrected chi connectivity index (χ2v) is 5.03. The molecule has 0 aliphatic heterocycles. The van der Waals surface area contributed by atoms with Gasteiger partial charge >= 0.3 is 5.97 Å². The molecule has 2 N–H and O–H groups in total. The SMILES string of the molecule is O=C(O)CCN(C1CC1)C1CCCCC1O. The standard InChI is InChI=1S/C12H21NO3/c14-11-4-2-1-3-10(11)13(9-5-6-9)8-7-12(15)16/h9-11,14H,1-8H2,(H,15,16). The summed E-state index contributed by atoms with van der Waals surface area (Å²) in [6.07, 6.45) is 6.46. The molecule has 16 heavy (non-hydrogen) atoms.